The van der Waals surface area contributed by atoms with Gasteiger partial charge in [-0.25, -0.2) is 4.39 Å². The highest BCUT2D eigenvalue weighted by Crippen LogP contribution is 2.29. The summed E-state index contributed by atoms with van der Waals surface area (Å²) < 4.78 is 43.8. The molecule has 2 heterocycles. The first-order valence-electron chi connectivity index (χ1n) is 10.2. The lowest BCUT2D eigenvalue weighted by molar-refractivity contribution is 0.148. The van der Waals surface area contributed by atoms with Gasteiger partial charge in [0.15, 0.2) is 0 Å². The molecule has 0 saturated carbocycles. The highest BCUT2D eigenvalue weighted by Gasteiger charge is 2.19. The normalized spacial score (nSPS) is 16.3. The van der Waals surface area contributed by atoms with Crippen molar-refractivity contribution >= 4 is 26.8 Å². The molecule has 0 radical (unpaired) electrons. The lowest BCUT2D eigenvalue weighted by Gasteiger charge is -2.32. The highest BCUT2D eigenvalue weighted by atomic mass is 32.2. The van der Waals surface area contributed by atoms with Gasteiger partial charge >= 0.3 is 10.2 Å². The molecule has 1 aliphatic heterocycles. The van der Waals surface area contributed by atoms with Gasteiger partial charge < -0.3 is 9.47 Å². The fourth-order valence-corrected chi connectivity index (χ4v) is 4.40. The summed E-state index contributed by atoms with van der Waals surface area (Å²) in [6.07, 6.45) is 2.07. The van der Waals surface area contributed by atoms with Crippen LogP contribution in [0.5, 0.6) is 0 Å². The first-order valence-corrected chi connectivity index (χ1v) is 11.7. The van der Waals surface area contributed by atoms with Crippen LogP contribution in [0.1, 0.15) is 5.56 Å². The van der Waals surface area contributed by atoms with Gasteiger partial charge in [-0.1, -0.05) is 0 Å². The molecule has 0 atom stereocenters. The van der Waals surface area contributed by atoms with Crippen LogP contribution < -0.4 is 4.72 Å². The van der Waals surface area contributed by atoms with Crippen molar-refractivity contribution in [1.29, 1.82) is 0 Å². The van der Waals surface area contributed by atoms with Crippen LogP contribution in [0.15, 0.2) is 48.7 Å². The van der Waals surface area contributed by atoms with E-state index in [-0.39, 0.29) is 5.82 Å². The zero-order valence-corrected chi connectivity index (χ0v) is 18.9. The number of aromatic nitrogens is 1. The van der Waals surface area contributed by atoms with Gasteiger partial charge in [-0.05, 0) is 55.1 Å². The van der Waals surface area contributed by atoms with Crippen LogP contribution in [0, 0.1) is 5.82 Å². The molecule has 0 spiro atoms. The molecule has 1 fully saturated rings. The fourth-order valence-electron chi connectivity index (χ4n) is 3.79. The largest absolute Gasteiger partial charge is 0.316 e. The molecule has 7 nitrogen and oxygen atoms in total. The minimum Gasteiger partial charge on any atom is -0.316 e. The van der Waals surface area contributed by atoms with E-state index in [4.69, 9.17) is 0 Å². The Morgan fingerprint density at radius 3 is 2.35 bits per heavy atom. The Kier molecular flexibility index (Phi) is 6.02. The maximum Gasteiger partial charge on any atom is 0.301 e. The van der Waals surface area contributed by atoms with Gasteiger partial charge in [0, 0.05) is 64.1 Å². The van der Waals surface area contributed by atoms with E-state index < -0.39 is 10.2 Å². The monoisotopic (exact) mass is 445 g/mol. The van der Waals surface area contributed by atoms with Crippen molar-refractivity contribution in [1.82, 2.24) is 18.7 Å². The quantitative estimate of drug-likeness (QED) is 0.634. The molecule has 31 heavy (non-hydrogen) atoms. The molecular formula is C22H28FN5O2S. The predicted octanol–water partition coefficient (Wildman–Crippen LogP) is 2.74. The molecule has 0 aliphatic carbocycles. The maximum atomic E-state index is 13.4. The average Bonchev–Trinajstić information content (AvgIpc) is 3.07. The van der Waals surface area contributed by atoms with Crippen molar-refractivity contribution in [3.8, 4) is 5.69 Å². The van der Waals surface area contributed by atoms with Gasteiger partial charge in [0.25, 0.3) is 0 Å². The second-order valence-corrected chi connectivity index (χ2v) is 10.1. The molecule has 3 aromatic rings. The van der Waals surface area contributed by atoms with Gasteiger partial charge in [-0.3, -0.25) is 9.62 Å². The third kappa shape index (κ3) is 4.74. The third-order valence-corrected chi connectivity index (χ3v) is 7.16. The van der Waals surface area contributed by atoms with E-state index in [1.165, 1.54) is 26.2 Å². The van der Waals surface area contributed by atoms with Gasteiger partial charge in [0.2, 0.25) is 0 Å². The zero-order chi connectivity index (χ0) is 22.2. The number of fused-ring (bicyclic) bond motifs is 1. The number of halogens is 1. The van der Waals surface area contributed by atoms with Gasteiger partial charge in [0.05, 0.1) is 11.2 Å². The summed E-state index contributed by atoms with van der Waals surface area (Å²) in [5, 5.41) is 0.974. The van der Waals surface area contributed by atoms with Crippen molar-refractivity contribution in [2.24, 2.45) is 0 Å². The standard InChI is InChI=1S/C22H28FN5O2S/c1-25(2)31(29,30)24-19-6-9-22-21(14-19)17(15-27-12-10-26(3)11-13-27)16-28(22)20-7-4-18(23)5-8-20/h4-9,14,16,24H,10-13,15H2,1-3H3. The first kappa shape index (κ1) is 21.8. The van der Waals surface area contributed by atoms with E-state index in [2.05, 4.69) is 27.8 Å². The number of rotatable bonds is 6. The van der Waals surface area contributed by atoms with E-state index in [1.54, 1.807) is 18.2 Å². The molecule has 4 rings (SSSR count). The fraction of sp³-hybridized carbons (Fsp3) is 0.364. The number of likely N-dealkylation sites (N-methyl/N-ethyl adjacent to an activating group) is 1. The van der Waals surface area contributed by atoms with E-state index in [9.17, 15) is 12.8 Å². The van der Waals surface area contributed by atoms with Gasteiger partial charge in [-0.2, -0.15) is 12.7 Å². The minimum atomic E-state index is -3.60. The lowest BCUT2D eigenvalue weighted by Crippen LogP contribution is -2.43. The number of benzene rings is 2. The number of piperazine rings is 1. The second-order valence-electron chi connectivity index (χ2n) is 8.20. The number of nitrogens with zero attached hydrogens (tertiary/aromatic N) is 4. The summed E-state index contributed by atoms with van der Waals surface area (Å²) in [4.78, 5) is 4.72. The number of nitrogens with one attached hydrogen (secondary N) is 1. The summed E-state index contributed by atoms with van der Waals surface area (Å²) in [6, 6.07) is 11.9. The molecule has 1 N–H and O–H groups in total. The van der Waals surface area contributed by atoms with E-state index in [1.807, 2.05) is 16.7 Å². The van der Waals surface area contributed by atoms with Crippen molar-refractivity contribution < 1.29 is 12.8 Å². The Morgan fingerprint density at radius 2 is 1.71 bits per heavy atom. The van der Waals surface area contributed by atoms with Crippen LogP contribution in [0.3, 0.4) is 0 Å². The minimum absolute atomic E-state index is 0.279. The molecule has 0 bridgehead atoms. The zero-order valence-electron chi connectivity index (χ0n) is 18.0. The van der Waals surface area contributed by atoms with Crippen molar-refractivity contribution in [3.63, 3.8) is 0 Å². The Labute approximate surface area is 182 Å². The number of hydrogen-bond acceptors (Lipinski definition) is 4. The summed E-state index contributed by atoms with van der Waals surface area (Å²) >= 11 is 0. The summed E-state index contributed by atoms with van der Waals surface area (Å²) in [7, 11) is 1.51. The molecule has 9 heteroatoms. The smallest absolute Gasteiger partial charge is 0.301 e. The Balaban J connectivity index is 1.75. The van der Waals surface area contributed by atoms with Crippen LogP contribution in [-0.4, -0.2) is 74.4 Å². The number of hydrogen-bond donors (Lipinski definition) is 1. The molecule has 1 aromatic heterocycles. The van der Waals surface area contributed by atoms with Crippen molar-refractivity contribution in [3.05, 3.63) is 60.0 Å². The Bertz CT molecular complexity index is 1170. The first-order chi connectivity index (χ1) is 14.7. The van der Waals surface area contributed by atoms with Gasteiger partial charge in [-0.15, -0.1) is 0 Å². The summed E-state index contributed by atoms with van der Waals surface area (Å²) in [6.45, 7) is 4.76. The van der Waals surface area contributed by atoms with Crippen LogP contribution in [-0.2, 0) is 16.8 Å². The second kappa shape index (κ2) is 8.58. The van der Waals surface area contributed by atoms with E-state index in [0.29, 0.717) is 5.69 Å². The Morgan fingerprint density at radius 1 is 1.03 bits per heavy atom. The van der Waals surface area contributed by atoms with E-state index >= 15 is 0 Å². The van der Waals surface area contributed by atoms with Crippen LogP contribution in [0.25, 0.3) is 16.6 Å². The SMILES string of the molecule is CN1CCN(Cc2cn(-c3ccc(F)cc3)c3ccc(NS(=O)(=O)N(C)C)cc23)CC1. The predicted molar refractivity (Wildman–Crippen MR) is 122 cm³/mol. The molecule has 2 aromatic carbocycles. The lowest BCUT2D eigenvalue weighted by atomic mass is 10.1. The third-order valence-electron chi connectivity index (χ3n) is 5.71. The molecule has 1 aliphatic rings. The molecule has 0 amide bonds. The summed E-state index contributed by atoms with van der Waals surface area (Å²) in [5.41, 5.74) is 3.42. The summed E-state index contributed by atoms with van der Waals surface area (Å²) in [5.74, 6) is -0.279. The number of anilines is 1. The topological polar surface area (TPSA) is 60.8 Å². The highest BCUT2D eigenvalue weighted by molar-refractivity contribution is 7.90. The van der Waals surface area contributed by atoms with E-state index in [0.717, 1.165) is 59.2 Å². The molecular weight excluding hydrogens is 417 g/mol. The molecule has 166 valence electrons. The van der Waals surface area contributed by atoms with Gasteiger partial charge in [0.1, 0.15) is 5.82 Å². The van der Waals surface area contributed by atoms with Crippen LogP contribution in [0.2, 0.25) is 0 Å². The Hall–Kier alpha value is -2.46. The van der Waals surface area contributed by atoms with Crippen molar-refractivity contribution in [2.75, 3.05) is 52.0 Å². The molecule has 1 saturated heterocycles. The van der Waals surface area contributed by atoms with Crippen molar-refractivity contribution in [2.45, 2.75) is 6.54 Å². The maximum absolute atomic E-state index is 13.4. The van der Waals surface area contributed by atoms with Crippen LogP contribution in [0.4, 0.5) is 10.1 Å². The molecule has 0 unspecified atom stereocenters. The van der Waals surface area contributed by atoms with Crippen LogP contribution >= 0.6 is 0 Å². The average molecular weight is 446 g/mol.